The number of phenolic OH excluding ortho intramolecular Hbond substituents is 1. The van der Waals surface area contributed by atoms with E-state index in [4.69, 9.17) is 14.2 Å². The molecule has 7 nitrogen and oxygen atoms in total. The van der Waals surface area contributed by atoms with Gasteiger partial charge in [-0.25, -0.2) is 4.79 Å². The molecular formula is C22H27NO6S2. The summed E-state index contributed by atoms with van der Waals surface area (Å²) in [5.41, 5.74) is 1.24. The number of thiol groups is 1. The Morgan fingerprint density at radius 3 is 2.39 bits per heavy atom. The van der Waals surface area contributed by atoms with Crippen molar-refractivity contribution in [3.8, 4) is 5.75 Å². The standard InChI is InChI=1S/C22H27NO6S2/c1-3-27-19(12-13-28-20(25)14-30)21(15-4-8-17(24)9-5-15)29-22(26)23-16-6-10-18(31-2)11-7-16/h4-11,19,21,24,30H,3,12-14H2,1-2H3,(H,23,26). The van der Waals surface area contributed by atoms with Crippen molar-refractivity contribution in [1.29, 1.82) is 0 Å². The van der Waals surface area contributed by atoms with Gasteiger partial charge >= 0.3 is 12.1 Å². The van der Waals surface area contributed by atoms with Gasteiger partial charge < -0.3 is 19.3 Å². The molecule has 2 aromatic rings. The summed E-state index contributed by atoms with van der Waals surface area (Å²) in [5.74, 6) is -0.363. The zero-order chi connectivity index (χ0) is 22.6. The van der Waals surface area contributed by atoms with Crippen molar-refractivity contribution < 1.29 is 28.9 Å². The summed E-state index contributed by atoms with van der Waals surface area (Å²) in [6.45, 7) is 2.30. The van der Waals surface area contributed by atoms with E-state index in [0.29, 0.717) is 24.3 Å². The second-order valence-corrected chi connectivity index (χ2v) is 7.63. The van der Waals surface area contributed by atoms with Crippen LogP contribution < -0.4 is 5.32 Å². The highest BCUT2D eigenvalue weighted by Gasteiger charge is 2.28. The number of benzene rings is 2. The first-order chi connectivity index (χ1) is 15.0. The van der Waals surface area contributed by atoms with E-state index in [-0.39, 0.29) is 18.1 Å². The van der Waals surface area contributed by atoms with Crippen LogP contribution in [0.2, 0.25) is 0 Å². The molecule has 0 radical (unpaired) electrons. The third-order valence-electron chi connectivity index (χ3n) is 4.30. The number of amides is 1. The number of thioether (sulfide) groups is 1. The number of esters is 1. The van der Waals surface area contributed by atoms with Crippen LogP contribution in [0.15, 0.2) is 53.4 Å². The number of phenols is 1. The van der Waals surface area contributed by atoms with E-state index < -0.39 is 24.3 Å². The van der Waals surface area contributed by atoms with Crippen LogP contribution in [-0.2, 0) is 19.0 Å². The average Bonchev–Trinajstić information content (AvgIpc) is 2.78. The third-order valence-corrected chi connectivity index (χ3v) is 5.31. The summed E-state index contributed by atoms with van der Waals surface area (Å²) >= 11 is 5.49. The Morgan fingerprint density at radius 1 is 1.13 bits per heavy atom. The predicted molar refractivity (Wildman–Crippen MR) is 124 cm³/mol. The molecule has 0 heterocycles. The first kappa shape index (κ1) is 24.9. The molecule has 0 saturated carbocycles. The summed E-state index contributed by atoms with van der Waals surface area (Å²) in [6.07, 6.45) is 0.300. The maximum absolute atomic E-state index is 12.6. The first-order valence-corrected chi connectivity index (χ1v) is 11.6. The van der Waals surface area contributed by atoms with Crippen molar-refractivity contribution in [3.63, 3.8) is 0 Å². The Labute approximate surface area is 191 Å². The number of aromatic hydroxyl groups is 1. The van der Waals surface area contributed by atoms with Gasteiger partial charge in [-0.05, 0) is 55.1 Å². The van der Waals surface area contributed by atoms with E-state index in [2.05, 4.69) is 17.9 Å². The Bertz CT molecular complexity index is 829. The number of anilines is 1. The molecule has 0 fully saturated rings. The van der Waals surface area contributed by atoms with Crippen LogP contribution in [0.1, 0.15) is 25.0 Å². The summed E-state index contributed by atoms with van der Waals surface area (Å²) in [6, 6.07) is 13.7. The quantitative estimate of drug-likeness (QED) is 0.252. The smallest absolute Gasteiger partial charge is 0.412 e. The number of ether oxygens (including phenoxy) is 3. The van der Waals surface area contributed by atoms with Crippen LogP contribution in [-0.4, -0.2) is 48.5 Å². The molecule has 2 aromatic carbocycles. The van der Waals surface area contributed by atoms with E-state index in [9.17, 15) is 14.7 Å². The largest absolute Gasteiger partial charge is 0.508 e. The predicted octanol–water partition coefficient (Wildman–Crippen LogP) is 4.67. The fourth-order valence-electron chi connectivity index (χ4n) is 2.83. The number of hydrogen-bond acceptors (Lipinski definition) is 8. The lowest BCUT2D eigenvalue weighted by molar-refractivity contribution is -0.142. The second-order valence-electron chi connectivity index (χ2n) is 6.43. The normalized spacial score (nSPS) is 12.6. The molecule has 0 aliphatic carbocycles. The molecule has 0 aromatic heterocycles. The van der Waals surface area contributed by atoms with Gasteiger partial charge in [0.25, 0.3) is 0 Å². The highest BCUT2D eigenvalue weighted by atomic mass is 32.2. The van der Waals surface area contributed by atoms with Crippen LogP contribution in [0.25, 0.3) is 0 Å². The zero-order valence-electron chi connectivity index (χ0n) is 17.4. The molecule has 0 aliphatic rings. The Morgan fingerprint density at radius 2 is 1.81 bits per heavy atom. The lowest BCUT2D eigenvalue weighted by Crippen LogP contribution is -2.30. The van der Waals surface area contributed by atoms with Gasteiger partial charge in [-0.3, -0.25) is 10.1 Å². The molecule has 2 unspecified atom stereocenters. The maximum Gasteiger partial charge on any atom is 0.412 e. The zero-order valence-corrected chi connectivity index (χ0v) is 19.2. The molecule has 0 aliphatic heterocycles. The third kappa shape index (κ3) is 8.35. The Kier molecular flexibility index (Phi) is 10.6. The minimum atomic E-state index is -0.777. The van der Waals surface area contributed by atoms with Gasteiger partial charge in [0.1, 0.15) is 11.9 Å². The topological polar surface area (TPSA) is 94.1 Å². The second kappa shape index (κ2) is 13.1. The number of carbonyl (C=O) groups is 2. The molecule has 168 valence electrons. The molecule has 31 heavy (non-hydrogen) atoms. The highest BCUT2D eigenvalue weighted by molar-refractivity contribution is 7.98. The summed E-state index contributed by atoms with van der Waals surface area (Å²) in [7, 11) is 0. The minimum absolute atomic E-state index is 0.0189. The molecule has 2 rings (SSSR count). The van der Waals surface area contributed by atoms with Gasteiger partial charge in [0.05, 0.1) is 12.4 Å². The fourth-order valence-corrected chi connectivity index (χ4v) is 3.33. The van der Waals surface area contributed by atoms with Crippen LogP contribution in [0.4, 0.5) is 10.5 Å². The maximum atomic E-state index is 12.6. The van der Waals surface area contributed by atoms with Crippen LogP contribution >= 0.6 is 24.4 Å². The number of nitrogens with one attached hydrogen (secondary N) is 1. The average molecular weight is 466 g/mol. The Hall–Kier alpha value is -2.36. The van der Waals surface area contributed by atoms with Gasteiger partial charge in [-0.2, -0.15) is 12.6 Å². The van der Waals surface area contributed by atoms with Gasteiger partial charge in [0.15, 0.2) is 6.10 Å². The number of rotatable bonds is 11. The summed E-state index contributed by atoms with van der Waals surface area (Å²) in [5, 5.41) is 12.3. The SMILES string of the molecule is CCOC(CCOC(=O)CS)C(OC(=O)Nc1ccc(SC)cc1)c1ccc(O)cc1. The van der Waals surface area contributed by atoms with Crippen molar-refractivity contribution in [2.75, 3.05) is 30.5 Å². The van der Waals surface area contributed by atoms with Crippen LogP contribution in [0, 0.1) is 0 Å². The molecule has 0 spiro atoms. The molecular weight excluding hydrogens is 438 g/mol. The minimum Gasteiger partial charge on any atom is -0.508 e. The highest BCUT2D eigenvalue weighted by Crippen LogP contribution is 2.28. The molecule has 0 bridgehead atoms. The van der Waals surface area contributed by atoms with E-state index in [1.807, 2.05) is 25.3 Å². The summed E-state index contributed by atoms with van der Waals surface area (Å²) in [4.78, 5) is 25.1. The van der Waals surface area contributed by atoms with E-state index >= 15 is 0 Å². The summed E-state index contributed by atoms with van der Waals surface area (Å²) < 4.78 is 16.6. The van der Waals surface area contributed by atoms with Gasteiger partial charge in [-0.15, -0.1) is 11.8 Å². The van der Waals surface area contributed by atoms with E-state index in [1.54, 1.807) is 36.0 Å². The first-order valence-electron chi connectivity index (χ1n) is 9.75. The Balaban J connectivity index is 2.15. The van der Waals surface area contributed by atoms with Gasteiger partial charge in [0.2, 0.25) is 0 Å². The molecule has 2 atom stereocenters. The van der Waals surface area contributed by atoms with E-state index in [1.165, 1.54) is 12.1 Å². The number of carbonyl (C=O) groups excluding carboxylic acids is 2. The molecule has 1 amide bonds. The van der Waals surface area contributed by atoms with Crippen molar-refractivity contribution in [2.24, 2.45) is 0 Å². The van der Waals surface area contributed by atoms with Crippen molar-refractivity contribution >= 4 is 42.1 Å². The van der Waals surface area contributed by atoms with Crippen molar-refractivity contribution in [1.82, 2.24) is 0 Å². The van der Waals surface area contributed by atoms with Crippen molar-refractivity contribution in [3.05, 3.63) is 54.1 Å². The lowest BCUT2D eigenvalue weighted by atomic mass is 10.0. The molecule has 2 N–H and O–H groups in total. The van der Waals surface area contributed by atoms with Crippen molar-refractivity contribution in [2.45, 2.75) is 30.4 Å². The van der Waals surface area contributed by atoms with E-state index in [0.717, 1.165) is 4.90 Å². The monoisotopic (exact) mass is 465 g/mol. The van der Waals surface area contributed by atoms with Gasteiger partial charge in [0, 0.05) is 23.6 Å². The molecule has 9 heteroatoms. The lowest BCUT2D eigenvalue weighted by Gasteiger charge is -2.27. The molecule has 0 saturated heterocycles. The van der Waals surface area contributed by atoms with Crippen LogP contribution in [0.5, 0.6) is 5.75 Å². The van der Waals surface area contributed by atoms with Gasteiger partial charge in [-0.1, -0.05) is 12.1 Å². The van der Waals surface area contributed by atoms with Crippen LogP contribution in [0.3, 0.4) is 0 Å². The number of hydrogen-bond donors (Lipinski definition) is 3. The fraction of sp³-hybridized carbons (Fsp3) is 0.364.